The van der Waals surface area contributed by atoms with Crippen molar-refractivity contribution >= 4 is 23.4 Å². The summed E-state index contributed by atoms with van der Waals surface area (Å²) in [6.07, 6.45) is -5.66. The van der Waals surface area contributed by atoms with Crippen molar-refractivity contribution in [1.82, 2.24) is 10.6 Å². The van der Waals surface area contributed by atoms with Crippen LogP contribution in [-0.4, -0.2) is 24.0 Å². The highest BCUT2D eigenvalue weighted by atomic mass is 35.5. The van der Waals surface area contributed by atoms with Gasteiger partial charge in [-0.05, 0) is 24.6 Å². The molecule has 2 N–H and O–H groups in total. The fourth-order valence-electron chi connectivity index (χ4n) is 1.85. The molecule has 1 rings (SSSR count). The van der Waals surface area contributed by atoms with E-state index >= 15 is 0 Å². The molecule has 0 spiro atoms. The summed E-state index contributed by atoms with van der Waals surface area (Å²) >= 11 is 5.71. The van der Waals surface area contributed by atoms with Crippen molar-refractivity contribution in [3.05, 3.63) is 34.9 Å². The van der Waals surface area contributed by atoms with E-state index in [9.17, 15) is 22.8 Å². The average Bonchev–Trinajstić information content (AvgIpc) is 2.36. The Hall–Kier alpha value is -1.76. The number of amides is 2. The van der Waals surface area contributed by atoms with Gasteiger partial charge in [0.1, 0.15) is 6.04 Å². The highest BCUT2D eigenvalue weighted by Gasteiger charge is 2.34. The Morgan fingerprint density at radius 3 is 2.18 bits per heavy atom. The third-order valence-electron chi connectivity index (χ3n) is 2.84. The van der Waals surface area contributed by atoms with Gasteiger partial charge in [0.05, 0.1) is 12.5 Å². The van der Waals surface area contributed by atoms with Crippen molar-refractivity contribution in [2.45, 2.75) is 38.5 Å². The van der Waals surface area contributed by atoms with Crippen LogP contribution < -0.4 is 10.6 Å². The maximum Gasteiger partial charge on any atom is 0.391 e. The van der Waals surface area contributed by atoms with Crippen LogP contribution in [0.5, 0.6) is 0 Å². The molecule has 0 saturated heterocycles. The third-order valence-corrected chi connectivity index (χ3v) is 3.09. The van der Waals surface area contributed by atoms with Crippen molar-refractivity contribution in [2.24, 2.45) is 0 Å². The number of rotatable bonds is 5. The van der Waals surface area contributed by atoms with Crippen molar-refractivity contribution in [1.29, 1.82) is 0 Å². The zero-order valence-electron chi connectivity index (χ0n) is 12.0. The summed E-state index contributed by atoms with van der Waals surface area (Å²) in [5, 5.41) is 5.00. The first-order valence-corrected chi connectivity index (χ1v) is 6.86. The molecule has 0 saturated carbocycles. The molecule has 0 aliphatic heterocycles. The van der Waals surface area contributed by atoms with Crippen molar-refractivity contribution in [3.63, 3.8) is 0 Å². The minimum Gasteiger partial charge on any atom is -0.347 e. The molecular formula is C14H16ClF3N2O2. The molecule has 0 aliphatic carbocycles. The minimum atomic E-state index is -4.45. The molecule has 4 nitrogen and oxygen atoms in total. The van der Waals surface area contributed by atoms with Gasteiger partial charge >= 0.3 is 6.18 Å². The molecule has 8 heteroatoms. The van der Waals surface area contributed by atoms with Crippen LogP contribution in [0.1, 0.15) is 31.9 Å². The van der Waals surface area contributed by atoms with E-state index in [2.05, 4.69) is 10.6 Å². The first kappa shape index (κ1) is 18.3. The Labute approximate surface area is 131 Å². The van der Waals surface area contributed by atoms with Crippen LogP contribution in [0.15, 0.2) is 24.3 Å². The fraction of sp³-hybridized carbons (Fsp3) is 0.429. The average molecular weight is 337 g/mol. The topological polar surface area (TPSA) is 58.2 Å². The highest BCUT2D eigenvalue weighted by Crippen LogP contribution is 2.30. The Bertz CT molecular complexity index is 532. The van der Waals surface area contributed by atoms with Gasteiger partial charge in [0.25, 0.3) is 0 Å². The largest absolute Gasteiger partial charge is 0.391 e. The highest BCUT2D eigenvalue weighted by molar-refractivity contribution is 6.30. The second kappa shape index (κ2) is 7.49. The molecule has 2 unspecified atom stereocenters. The summed E-state index contributed by atoms with van der Waals surface area (Å²) in [4.78, 5) is 22.8. The van der Waals surface area contributed by atoms with Crippen LogP contribution in [-0.2, 0) is 9.59 Å². The number of carbonyl (C=O) groups excluding carboxylic acids is 2. The second-order valence-corrected chi connectivity index (χ2v) is 5.29. The van der Waals surface area contributed by atoms with E-state index in [4.69, 9.17) is 11.6 Å². The monoisotopic (exact) mass is 336 g/mol. The molecule has 2 atom stereocenters. The Kier molecular flexibility index (Phi) is 6.22. The zero-order chi connectivity index (χ0) is 16.9. The lowest BCUT2D eigenvalue weighted by Gasteiger charge is -2.23. The number of hydrogen-bond acceptors (Lipinski definition) is 2. The van der Waals surface area contributed by atoms with Crippen LogP contribution in [0.4, 0.5) is 13.2 Å². The summed E-state index contributed by atoms with van der Waals surface area (Å²) in [5.41, 5.74) is 0.283. The Morgan fingerprint density at radius 2 is 1.73 bits per heavy atom. The molecule has 0 aliphatic rings. The van der Waals surface area contributed by atoms with Crippen LogP contribution in [0, 0.1) is 0 Å². The molecule has 0 radical (unpaired) electrons. The van der Waals surface area contributed by atoms with E-state index in [1.807, 2.05) is 0 Å². The van der Waals surface area contributed by atoms with Crippen LogP contribution in [0.25, 0.3) is 0 Å². The number of nitrogens with one attached hydrogen (secondary N) is 2. The van der Waals surface area contributed by atoms with Gasteiger partial charge in [-0.3, -0.25) is 9.59 Å². The van der Waals surface area contributed by atoms with E-state index in [1.54, 1.807) is 0 Å². The fourth-order valence-corrected chi connectivity index (χ4v) is 1.97. The summed E-state index contributed by atoms with van der Waals surface area (Å²) in [7, 11) is 0. The van der Waals surface area contributed by atoms with Crippen molar-refractivity contribution in [3.8, 4) is 0 Å². The summed E-state index contributed by atoms with van der Waals surface area (Å²) in [6.45, 7) is 2.61. The summed E-state index contributed by atoms with van der Waals surface area (Å²) in [5.74, 6) is -1.14. The van der Waals surface area contributed by atoms with E-state index in [1.165, 1.54) is 38.1 Å². The molecule has 0 bridgehead atoms. The smallest absolute Gasteiger partial charge is 0.347 e. The van der Waals surface area contributed by atoms with Crippen LogP contribution in [0.3, 0.4) is 0 Å². The van der Waals surface area contributed by atoms with Gasteiger partial charge in [0.15, 0.2) is 0 Å². The zero-order valence-corrected chi connectivity index (χ0v) is 12.8. The number of halogens is 4. The molecule has 0 heterocycles. The van der Waals surface area contributed by atoms with Gasteiger partial charge in [-0.2, -0.15) is 13.2 Å². The normalized spacial score (nSPS) is 14.1. The van der Waals surface area contributed by atoms with E-state index in [-0.39, 0.29) is 5.56 Å². The summed E-state index contributed by atoms with van der Waals surface area (Å²) in [6, 6.07) is 3.55. The SMILES string of the molecule is CC(=O)NC(C)C(=O)NC(CC(F)(F)F)c1ccc(Cl)cc1. The lowest BCUT2D eigenvalue weighted by Crippen LogP contribution is -2.45. The molecule has 122 valence electrons. The first-order chi connectivity index (χ1) is 10.1. The number of benzene rings is 1. The first-order valence-electron chi connectivity index (χ1n) is 6.48. The molecule has 1 aromatic carbocycles. The maximum absolute atomic E-state index is 12.7. The van der Waals surface area contributed by atoms with Gasteiger partial charge in [-0.25, -0.2) is 0 Å². The number of carbonyl (C=O) groups is 2. The van der Waals surface area contributed by atoms with Gasteiger partial charge < -0.3 is 10.6 Å². The molecule has 1 aromatic rings. The number of alkyl halides is 3. The van der Waals surface area contributed by atoms with E-state index in [0.717, 1.165) is 0 Å². The predicted molar refractivity (Wildman–Crippen MR) is 76.3 cm³/mol. The van der Waals surface area contributed by atoms with Crippen LogP contribution >= 0.6 is 11.6 Å². The molecule has 22 heavy (non-hydrogen) atoms. The second-order valence-electron chi connectivity index (χ2n) is 4.85. The van der Waals surface area contributed by atoms with Gasteiger partial charge in [-0.15, -0.1) is 0 Å². The van der Waals surface area contributed by atoms with Crippen LogP contribution in [0.2, 0.25) is 5.02 Å². The molecule has 0 fully saturated rings. The van der Waals surface area contributed by atoms with Gasteiger partial charge in [0, 0.05) is 11.9 Å². The third kappa shape index (κ3) is 6.34. The lowest BCUT2D eigenvalue weighted by molar-refractivity contribution is -0.143. The molecule has 2 amide bonds. The Balaban J connectivity index is 2.89. The van der Waals surface area contributed by atoms with Crippen molar-refractivity contribution < 1.29 is 22.8 Å². The van der Waals surface area contributed by atoms with E-state index in [0.29, 0.717) is 5.02 Å². The molecular weight excluding hydrogens is 321 g/mol. The maximum atomic E-state index is 12.7. The van der Waals surface area contributed by atoms with Crippen molar-refractivity contribution in [2.75, 3.05) is 0 Å². The van der Waals surface area contributed by atoms with Gasteiger partial charge in [0.2, 0.25) is 11.8 Å². The van der Waals surface area contributed by atoms with E-state index < -0.39 is 36.5 Å². The summed E-state index contributed by atoms with van der Waals surface area (Å²) < 4.78 is 38.1. The Morgan fingerprint density at radius 1 is 1.18 bits per heavy atom. The predicted octanol–water partition coefficient (Wildman–Crippen LogP) is 2.97. The quantitative estimate of drug-likeness (QED) is 0.868. The standard InChI is InChI=1S/C14H16ClF3N2O2/c1-8(19-9(2)21)13(22)20-12(7-14(16,17)18)10-3-5-11(15)6-4-10/h3-6,8,12H,7H2,1-2H3,(H,19,21)(H,20,22). The number of hydrogen-bond donors (Lipinski definition) is 2. The lowest BCUT2D eigenvalue weighted by atomic mass is 10.0. The molecule has 0 aromatic heterocycles. The van der Waals surface area contributed by atoms with Gasteiger partial charge in [-0.1, -0.05) is 23.7 Å². The minimum absolute atomic E-state index is 0.283.